The van der Waals surface area contributed by atoms with E-state index >= 15 is 0 Å². The van der Waals surface area contributed by atoms with E-state index in [2.05, 4.69) is 15.2 Å². The van der Waals surface area contributed by atoms with Crippen LogP contribution in [0.25, 0.3) is 0 Å². The molecule has 0 bridgehead atoms. The lowest BCUT2D eigenvalue weighted by atomic mass is 10.1. The van der Waals surface area contributed by atoms with Crippen molar-refractivity contribution in [2.45, 2.75) is 24.3 Å². The molecular weight excluding hydrogens is 317 g/mol. The van der Waals surface area contributed by atoms with Gasteiger partial charge in [0, 0.05) is 0 Å². The van der Waals surface area contributed by atoms with Crippen LogP contribution in [0, 0.1) is 6.92 Å². The third-order valence-corrected chi connectivity index (χ3v) is 3.52. The molecule has 0 aliphatic carbocycles. The van der Waals surface area contributed by atoms with Crippen molar-refractivity contribution in [3.05, 3.63) is 41.7 Å². The summed E-state index contributed by atoms with van der Waals surface area (Å²) in [6.45, 7) is 1.69. The Morgan fingerprint density at radius 2 is 2.05 bits per heavy atom. The summed E-state index contributed by atoms with van der Waals surface area (Å²) in [5.74, 6) is -0.365. The van der Waals surface area contributed by atoms with Crippen LogP contribution in [0.15, 0.2) is 35.5 Å². The number of aryl methyl sites for hydroxylation is 1. The van der Waals surface area contributed by atoms with Gasteiger partial charge < -0.3 is 5.32 Å². The van der Waals surface area contributed by atoms with Crippen molar-refractivity contribution < 1.29 is 18.0 Å². The molecule has 118 valence electrons. The zero-order valence-electron chi connectivity index (χ0n) is 11.5. The van der Waals surface area contributed by atoms with E-state index in [0.717, 1.165) is 11.8 Å². The van der Waals surface area contributed by atoms with Gasteiger partial charge in [0.2, 0.25) is 11.1 Å². The molecule has 1 aromatic carbocycles. The van der Waals surface area contributed by atoms with E-state index in [9.17, 15) is 18.0 Å². The number of hydrogen-bond donors (Lipinski definition) is 2. The molecule has 0 aliphatic heterocycles. The zero-order valence-corrected chi connectivity index (χ0v) is 12.3. The van der Waals surface area contributed by atoms with Gasteiger partial charge in [-0.25, -0.2) is 4.98 Å². The van der Waals surface area contributed by atoms with Crippen LogP contribution in [0.2, 0.25) is 0 Å². The van der Waals surface area contributed by atoms with Crippen molar-refractivity contribution in [3.63, 3.8) is 0 Å². The molecule has 0 spiro atoms. The maximum absolute atomic E-state index is 13.1. The zero-order chi connectivity index (χ0) is 16.2. The molecule has 0 radical (unpaired) electrons. The van der Waals surface area contributed by atoms with Crippen molar-refractivity contribution >= 4 is 17.7 Å². The number of aromatic nitrogens is 3. The van der Waals surface area contributed by atoms with E-state index < -0.39 is 18.1 Å². The molecule has 9 heteroatoms. The smallest absolute Gasteiger partial charge is 0.340 e. The number of rotatable bonds is 5. The third-order valence-electron chi connectivity index (χ3n) is 2.67. The number of halogens is 3. The van der Waals surface area contributed by atoms with Gasteiger partial charge in [-0.1, -0.05) is 42.1 Å². The Morgan fingerprint density at radius 3 is 2.59 bits per heavy atom. The molecule has 0 fully saturated rings. The minimum atomic E-state index is -4.57. The second-order valence-electron chi connectivity index (χ2n) is 4.44. The number of thioether (sulfide) groups is 1. The number of hydrogen-bond acceptors (Lipinski definition) is 4. The molecule has 1 aromatic heterocycles. The monoisotopic (exact) mass is 330 g/mol. The van der Waals surface area contributed by atoms with E-state index in [1.165, 1.54) is 24.3 Å². The van der Waals surface area contributed by atoms with Crippen molar-refractivity contribution in [3.8, 4) is 0 Å². The number of alkyl halides is 3. The summed E-state index contributed by atoms with van der Waals surface area (Å²) >= 11 is 0.964. The normalized spacial score (nSPS) is 12.9. The highest BCUT2D eigenvalue weighted by molar-refractivity contribution is 7.99. The van der Waals surface area contributed by atoms with Gasteiger partial charge in [-0.05, 0) is 12.5 Å². The van der Waals surface area contributed by atoms with Crippen LogP contribution >= 0.6 is 11.8 Å². The van der Waals surface area contributed by atoms with Gasteiger partial charge in [-0.3, -0.25) is 9.89 Å². The SMILES string of the molecule is Cc1nc(SCC(=O)NC(c2ccccc2)C(F)(F)F)n[nH]1. The second-order valence-corrected chi connectivity index (χ2v) is 5.39. The first kappa shape index (κ1) is 16.3. The summed E-state index contributed by atoms with van der Waals surface area (Å²) in [7, 11) is 0. The Hall–Kier alpha value is -2.03. The number of amides is 1. The molecule has 5 nitrogen and oxygen atoms in total. The predicted molar refractivity (Wildman–Crippen MR) is 75.2 cm³/mol. The molecule has 22 heavy (non-hydrogen) atoms. The number of nitrogens with one attached hydrogen (secondary N) is 2. The summed E-state index contributed by atoms with van der Waals surface area (Å²) in [5, 5.41) is 8.70. The molecule has 2 rings (SSSR count). The standard InChI is InChI=1S/C13H13F3N4OS/c1-8-17-12(20-19-8)22-7-10(21)18-11(13(14,15)16)9-5-3-2-4-6-9/h2-6,11H,7H2,1H3,(H,18,21)(H,17,19,20). The maximum Gasteiger partial charge on any atom is 0.412 e. The number of aromatic amines is 1. The van der Waals surface area contributed by atoms with Gasteiger partial charge in [0.05, 0.1) is 5.75 Å². The average Bonchev–Trinajstić information content (AvgIpc) is 2.88. The molecular formula is C13H13F3N4OS. The number of carbonyl (C=O) groups is 1. The Balaban J connectivity index is 2.00. The summed E-state index contributed by atoms with van der Waals surface area (Å²) in [6.07, 6.45) is -4.57. The highest BCUT2D eigenvalue weighted by atomic mass is 32.2. The average molecular weight is 330 g/mol. The van der Waals surface area contributed by atoms with E-state index in [1.807, 2.05) is 5.32 Å². The Kier molecular flexibility index (Phi) is 5.07. The van der Waals surface area contributed by atoms with Crippen molar-refractivity contribution in [2.75, 3.05) is 5.75 Å². The van der Waals surface area contributed by atoms with Crippen LogP contribution in [-0.2, 0) is 4.79 Å². The minimum Gasteiger partial charge on any atom is -0.340 e. The summed E-state index contributed by atoms with van der Waals surface area (Å²) < 4.78 is 39.2. The van der Waals surface area contributed by atoms with E-state index in [4.69, 9.17) is 0 Å². The van der Waals surface area contributed by atoms with Gasteiger partial charge in [-0.2, -0.15) is 13.2 Å². The van der Waals surface area contributed by atoms with Gasteiger partial charge >= 0.3 is 6.18 Å². The molecule has 1 unspecified atom stereocenters. The number of benzene rings is 1. The summed E-state index contributed by atoms with van der Waals surface area (Å²) in [6, 6.07) is 5.21. The fourth-order valence-electron chi connectivity index (χ4n) is 1.72. The summed E-state index contributed by atoms with van der Waals surface area (Å²) in [5.41, 5.74) is -0.0120. The quantitative estimate of drug-likeness (QED) is 0.827. The highest BCUT2D eigenvalue weighted by Gasteiger charge is 2.41. The van der Waals surface area contributed by atoms with Gasteiger partial charge in [-0.15, -0.1) is 5.10 Å². The Labute approximate surface area is 128 Å². The molecule has 0 saturated carbocycles. The minimum absolute atomic E-state index is 0.0120. The second kappa shape index (κ2) is 6.82. The number of carbonyl (C=O) groups excluding carboxylic acids is 1. The van der Waals surface area contributed by atoms with Crippen LogP contribution in [0.1, 0.15) is 17.4 Å². The van der Waals surface area contributed by atoms with Crippen LogP contribution in [0.5, 0.6) is 0 Å². The molecule has 0 aliphatic rings. The van der Waals surface area contributed by atoms with Crippen LogP contribution in [0.3, 0.4) is 0 Å². The molecule has 2 N–H and O–H groups in total. The van der Waals surface area contributed by atoms with E-state index in [1.54, 1.807) is 13.0 Å². The van der Waals surface area contributed by atoms with Crippen molar-refractivity contribution in [2.24, 2.45) is 0 Å². The first-order valence-corrected chi connectivity index (χ1v) is 7.27. The van der Waals surface area contributed by atoms with Crippen LogP contribution < -0.4 is 5.32 Å². The largest absolute Gasteiger partial charge is 0.412 e. The topological polar surface area (TPSA) is 70.7 Å². The fourth-order valence-corrected chi connectivity index (χ4v) is 2.37. The maximum atomic E-state index is 13.1. The molecule has 2 aromatic rings. The van der Waals surface area contributed by atoms with Gasteiger partial charge in [0.15, 0.2) is 6.04 Å². The molecule has 1 atom stereocenters. The van der Waals surface area contributed by atoms with Gasteiger partial charge in [0.25, 0.3) is 0 Å². The molecule has 0 saturated heterocycles. The van der Waals surface area contributed by atoms with Crippen LogP contribution in [-0.4, -0.2) is 33.0 Å². The Morgan fingerprint density at radius 1 is 1.36 bits per heavy atom. The number of H-pyrrole nitrogens is 1. The first-order chi connectivity index (χ1) is 10.4. The lowest BCUT2D eigenvalue weighted by Gasteiger charge is -2.21. The van der Waals surface area contributed by atoms with E-state index in [0.29, 0.717) is 11.0 Å². The van der Waals surface area contributed by atoms with Crippen LogP contribution in [0.4, 0.5) is 13.2 Å². The first-order valence-electron chi connectivity index (χ1n) is 6.29. The van der Waals surface area contributed by atoms with E-state index in [-0.39, 0.29) is 11.3 Å². The number of nitrogens with zero attached hydrogens (tertiary/aromatic N) is 2. The lowest BCUT2D eigenvalue weighted by molar-refractivity contribution is -0.162. The van der Waals surface area contributed by atoms with Gasteiger partial charge in [0.1, 0.15) is 5.82 Å². The highest BCUT2D eigenvalue weighted by Crippen LogP contribution is 2.32. The third kappa shape index (κ3) is 4.48. The summed E-state index contributed by atoms with van der Waals surface area (Å²) in [4.78, 5) is 15.7. The fraction of sp³-hybridized carbons (Fsp3) is 0.308. The Bertz CT molecular complexity index is 630. The lowest BCUT2D eigenvalue weighted by Crippen LogP contribution is -2.39. The molecule has 1 amide bonds. The van der Waals surface area contributed by atoms with Crippen molar-refractivity contribution in [1.29, 1.82) is 0 Å². The van der Waals surface area contributed by atoms with Crippen molar-refractivity contribution in [1.82, 2.24) is 20.5 Å². The predicted octanol–water partition coefficient (Wildman–Crippen LogP) is 2.63. The molecule has 1 heterocycles.